The number of nitrogen functional groups attached to an aromatic ring is 1. The van der Waals surface area contributed by atoms with Gasteiger partial charge >= 0.3 is 0 Å². The maximum absolute atomic E-state index is 6.37. The van der Waals surface area contributed by atoms with Crippen LogP contribution in [0.2, 0.25) is 0 Å². The summed E-state index contributed by atoms with van der Waals surface area (Å²) in [5.74, 6) is 0. The van der Waals surface area contributed by atoms with Gasteiger partial charge < -0.3 is 5.73 Å². The van der Waals surface area contributed by atoms with E-state index in [1.54, 1.807) is 0 Å². The third kappa shape index (κ3) is 2.23. The van der Waals surface area contributed by atoms with E-state index in [-0.39, 0.29) is 5.41 Å². The Balaban J connectivity index is 1.82. The van der Waals surface area contributed by atoms with Crippen molar-refractivity contribution in [1.29, 1.82) is 0 Å². The largest absolute Gasteiger partial charge is 0.399 e. The van der Waals surface area contributed by atoms with Crippen LogP contribution in [0.15, 0.2) is 97.1 Å². The maximum atomic E-state index is 6.37. The minimum Gasteiger partial charge on any atom is -0.399 e. The lowest BCUT2D eigenvalue weighted by Gasteiger charge is -2.34. The molecule has 2 N–H and O–H groups in total. The van der Waals surface area contributed by atoms with E-state index in [2.05, 4.69) is 97.1 Å². The first kappa shape index (κ1) is 17.3. The van der Waals surface area contributed by atoms with Crippen molar-refractivity contribution in [3.8, 4) is 11.1 Å². The van der Waals surface area contributed by atoms with Gasteiger partial charge in [0.05, 0.1) is 5.41 Å². The molecular formula is C29H23N. The SMILES string of the molecule is Nc1ccc2c(c1)C(c1ccccc1)(c1ccccc1)c1ccc3c(c1-2)CCC=C3. The average molecular weight is 386 g/mol. The first-order chi connectivity index (χ1) is 14.8. The van der Waals surface area contributed by atoms with Crippen LogP contribution in [0.5, 0.6) is 0 Å². The van der Waals surface area contributed by atoms with Gasteiger partial charge in [0.15, 0.2) is 0 Å². The fourth-order valence-corrected chi connectivity index (χ4v) is 5.55. The molecule has 0 aliphatic heterocycles. The summed E-state index contributed by atoms with van der Waals surface area (Å²) in [6, 6.07) is 32.9. The van der Waals surface area contributed by atoms with Crippen molar-refractivity contribution < 1.29 is 0 Å². The zero-order valence-electron chi connectivity index (χ0n) is 16.8. The van der Waals surface area contributed by atoms with Crippen LogP contribution in [0.3, 0.4) is 0 Å². The molecule has 0 fully saturated rings. The monoisotopic (exact) mass is 385 g/mol. The van der Waals surface area contributed by atoms with E-state index >= 15 is 0 Å². The Kier molecular flexibility index (Phi) is 3.73. The molecule has 6 rings (SSSR count). The lowest BCUT2D eigenvalue weighted by Crippen LogP contribution is -2.28. The standard InChI is InChI=1S/C29H23N/c30-23-16-17-25-27(19-23)29(21-10-3-1-4-11-21,22-12-5-2-6-13-22)26-18-15-20-9-7-8-14-24(20)28(25)26/h1-7,9-13,15-19H,8,14,30H2. The van der Waals surface area contributed by atoms with Crippen molar-refractivity contribution in [1.82, 2.24) is 0 Å². The van der Waals surface area contributed by atoms with Crippen LogP contribution in [0, 0.1) is 0 Å². The van der Waals surface area contributed by atoms with E-state index < -0.39 is 0 Å². The van der Waals surface area contributed by atoms with E-state index in [1.807, 2.05) is 6.07 Å². The second-order valence-corrected chi connectivity index (χ2v) is 8.28. The molecule has 0 aromatic heterocycles. The molecule has 0 radical (unpaired) electrons. The van der Waals surface area contributed by atoms with E-state index in [9.17, 15) is 0 Å². The molecule has 144 valence electrons. The second-order valence-electron chi connectivity index (χ2n) is 8.28. The fraction of sp³-hybridized carbons (Fsp3) is 0.103. The lowest BCUT2D eigenvalue weighted by molar-refractivity contribution is 0.767. The van der Waals surface area contributed by atoms with Crippen molar-refractivity contribution in [2.24, 2.45) is 0 Å². The Morgan fingerprint density at radius 1 is 0.700 bits per heavy atom. The summed E-state index contributed by atoms with van der Waals surface area (Å²) in [5.41, 5.74) is 17.6. The predicted octanol–water partition coefficient (Wildman–Crippen LogP) is 6.59. The number of hydrogen-bond acceptors (Lipinski definition) is 1. The fourth-order valence-electron chi connectivity index (χ4n) is 5.55. The van der Waals surface area contributed by atoms with Crippen LogP contribution >= 0.6 is 0 Å². The number of allylic oxidation sites excluding steroid dienone is 1. The third-order valence-electron chi connectivity index (χ3n) is 6.74. The third-order valence-corrected chi connectivity index (χ3v) is 6.74. The molecule has 0 atom stereocenters. The molecule has 30 heavy (non-hydrogen) atoms. The Bertz CT molecular complexity index is 1240. The van der Waals surface area contributed by atoms with Crippen LogP contribution < -0.4 is 5.73 Å². The molecule has 0 spiro atoms. The first-order valence-electron chi connectivity index (χ1n) is 10.6. The predicted molar refractivity (Wildman–Crippen MR) is 126 cm³/mol. The summed E-state index contributed by atoms with van der Waals surface area (Å²) in [4.78, 5) is 0. The summed E-state index contributed by atoms with van der Waals surface area (Å²) < 4.78 is 0. The Morgan fingerprint density at radius 3 is 2.10 bits per heavy atom. The van der Waals surface area contributed by atoms with Gasteiger partial charge in [-0.15, -0.1) is 0 Å². The summed E-state index contributed by atoms with van der Waals surface area (Å²) >= 11 is 0. The molecule has 2 aliphatic carbocycles. The highest BCUT2D eigenvalue weighted by atomic mass is 14.6. The van der Waals surface area contributed by atoms with Crippen LogP contribution in [0.25, 0.3) is 17.2 Å². The molecule has 0 saturated carbocycles. The van der Waals surface area contributed by atoms with Crippen LogP contribution in [-0.4, -0.2) is 0 Å². The summed E-state index contributed by atoms with van der Waals surface area (Å²) in [7, 11) is 0. The number of nitrogens with two attached hydrogens (primary N) is 1. The Hall–Kier alpha value is -3.58. The van der Waals surface area contributed by atoms with Gasteiger partial charge in [-0.2, -0.15) is 0 Å². The molecule has 0 unspecified atom stereocenters. The second kappa shape index (κ2) is 6.47. The molecule has 0 bridgehead atoms. The molecule has 2 aliphatic rings. The molecule has 1 heteroatoms. The van der Waals surface area contributed by atoms with Gasteiger partial charge in [-0.1, -0.05) is 91.0 Å². The highest BCUT2D eigenvalue weighted by molar-refractivity contribution is 5.91. The summed E-state index contributed by atoms with van der Waals surface area (Å²) in [6.07, 6.45) is 6.74. The Morgan fingerprint density at radius 2 is 1.40 bits per heavy atom. The maximum Gasteiger partial charge on any atom is 0.0714 e. The smallest absolute Gasteiger partial charge is 0.0714 e. The zero-order valence-corrected chi connectivity index (χ0v) is 16.8. The first-order valence-corrected chi connectivity index (χ1v) is 10.6. The molecule has 4 aromatic rings. The van der Waals surface area contributed by atoms with Gasteiger partial charge in [-0.05, 0) is 69.5 Å². The van der Waals surface area contributed by atoms with Crippen molar-refractivity contribution in [2.75, 3.05) is 5.73 Å². The van der Waals surface area contributed by atoms with E-state index in [1.165, 1.54) is 44.5 Å². The lowest BCUT2D eigenvalue weighted by atomic mass is 9.67. The van der Waals surface area contributed by atoms with Crippen molar-refractivity contribution in [3.05, 3.63) is 130 Å². The van der Waals surface area contributed by atoms with E-state index in [0.717, 1.165) is 18.5 Å². The van der Waals surface area contributed by atoms with Crippen molar-refractivity contribution in [3.63, 3.8) is 0 Å². The molecule has 0 heterocycles. The zero-order chi connectivity index (χ0) is 20.1. The number of anilines is 1. The number of fused-ring (bicyclic) bond motifs is 5. The minimum absolute atomic E-state index is 0.362. The minimum atomic E-state index is -0.362. The van der Waals surface area contributed by atoms with Crippen LogP contribution in [0.4, 0.5) is 5.69 Å². The highest BCUT2D eigenvalue weighted by Crippen LogP contribution is 2.58. The van der Waals surface area contributed by atoms with Gasteiger partial charge in [-0.25, -0.2) is 0 Å². The quantitative estimate of drug-likeness (QED) is 0.341. The van der Waals surface area contributed by atoms with Gasteiger partial charge in [-0.3, -0.25) is 0 Å². The van der Waals surface area contributed by atoms with Gasteiger partial charge in [0, 0.05) is 5.69 Å². The molecule has 4 aromatic carbocycles. The van der Waals surface area contributed by atoms with Gasteiger partial charge in [0.2, 0.25) is 0 Å². The molecule has 0 saturated heterocycles. The topological polar surface area (TPSA) is 26.0 Å². The van der Waals surface area contributed by atoms with Gasteiger partial charge in [0.1, 0.15) is 0 Å². The van der Waals surface area contributed by atoms with E-state index in [0.29, 0.717) is 0 Å². The normalized spacial score (nSPS) is 15.3. The number of benzene rings is 4. The molecule has 0 amide bonds. The van der Waals surface area contributed by atoms with Crippen LogP contribution in [0.1, 0.15) is 39.8 Å². The number of hydrogen-bond donors (Lipinski definition) is 1. The van der Waals surface area contributed by atoms with Crippen molar-refractivity contribution >= 4 is 11.8 Å². The van der Waals surface area contributed by atoms with E-state index in [4.69, 9.17) is 5.73 Å². The highest BCUT2D eigenvalue weighted by Gasteiger charge is 2.47. The summed E-state index contributed by atoms with van der Waals surface area (Å²) in [6.45, 7) is 0. The van der Waals surface area contributed by atoms with Crippen molar-refractivity contribution in [2.45, 2.75) is 18.3 Å². The summed E-state index contributed by atoms with van der Waals surface area (Å²) in [5, 5.41) is 0. The molecule has 1 nitrogen and oxygen atoms in total. The van der Waals surface area contributed by atoms with Gasteiger partial charge in [0.25, 0.3) is 0 Å². The number of rotatable bonds is 2. The van der Waals surface area contributed by atoms with Crippen LogP contribution in [-0.2, 0) is 11.8 Å². The molecular weight excluding hydrogens is 362 g/mol. The Labute approximate surface area is 177 Å². The average Bonchev–Trinajstić information content (AvgIpc) is 3.11.